The van der Waals surface area contributed by atoms with Gasteiger partial charge in [0, 0.05) is 0 Å². The second-order valence-electron chi connectivity index (χ2n) is 3.73. The third-order valence-corrected chi connectivity index (χ3v) is 2.33. The molecule has 0 bridgehead atoms. The molecule has 0 radical (unpaired) electrons. The predicted octanol–water partition coefficient (Wildman–Crippen LogP) is 2.09. The molecule has 1 N–H and O–H groups in total. The lowest BCUT2D eigenvalue weighted by Crippen LogP contribution is -2.07. The molecule has 3 nitrogen and oxygen atoms in total. The molecule has 0 spiro atoms. The Labute approximate surface area is 89.7 Å². The van der Waals surface area contributed by atoms with E-state index in [9.17, 15) is 4.79 Å². The number of ether oxygens (including phenoxy) is 1. The molecule has 0 unspecified atom stereocenters. The number of aliphatic hydroxyl groups excluding tert-OH is 1. The number of hydrogen-bond donors (Lipinski definition) is 1. The van der Waals surface area contributed by atoms with Crippen molar-refractivity contribution in [3.63, 3.8) is 0 Å². The topological polar surface area (TPSA) is 46.5 Å². The Balaban J connectivity index is 3.21. The minimum atomic E-state index is -0.330. The van der Waals surface area contributed by atoms with Crippen LogP contribution >= 0.6 is 0 Å². The smallest absolute Gasteiger partial charge is 0.338 e. The van der Waals surface area contributed by atoms with Crippen molar-refractivity contribution >= 4 is 5.97 Å². The molecule has 82 valence electrons. The Morgan fingerprint density at radius 2 is 2.13 bits per heavy atom. The van der Waals surface area contributed by atoms with Crippen LogP contribution in [-0.2, 0) is 11.3 Å². The van der Waals surface area contributed by atoms with Gasteiger partial charge in [-0.2, -0.15) is 0 Å². The van der Waals surface area contributed by atoms with Gasteiger partial charge in [-0.3, -0.25) is 0 Å². The quantitative estimate of drug-likeness (QED) is 0.774. The molecule has 0 heterocycles. The van der Waals surface area contributed by atoms with Crippen LogP contribution in [0, 0.1) is 0 Å². The summed E-state index contributed by atoms with van der Waals surface area (Å²) in [6, 6.07) is 5.28. The summed E-state index contributed by atoms with van der Waals surface area (Å²) in [5.74, 6) is -0.103. The summed E-state index contributed by atoms with van der Waals surface area (Å²) in [4.78, 5) is 11.5. The van der Waals surface area contributed by atoms with Crippen molar-refractivity contribution in [2.45, 2.75) is 26.4 Å². The summed E-state index contributed by atoms with van der Waals surface area (Å²) in [5, 5.41) is 9.01. The van der Waals surface area contributed by atoms with E-state index in [1.807, 2.05) is 19.9 Å². The zero-order valence-corrected chi connectivity index (χ0v) is 9.28. The molecule has 0 amide bonds. The Bertz CT molecular complexity index is 356. The van der Waals surface area contributed by atoms with Crippen molar-refractivity contribution in [1.29, 1.82) is 0 Å². The van der Waals surface area contributed by atoms with E-state index in [1.54, 1.807) is 12.1 Å². The second kappa shape index (κ2) is 4.94. The summed E-state index contributed by atoms with van der Waals surface area (Å²) >= 11 is 0. The van der Waals surface area contributed by atoms with Gasteiger partial charge in [0.2, 0.25) is 0 Å². The Morgan fingerprint density at radius 3 is 2.60 bits per heavy atom. The lowest BCUT2D eigenvalue weighted by molar-refractivity contribution is 0.0599. The van der Waals surface area contributed by atoms with Gasteiger partial charge in [-0.05, 0) is 23.1 Å². The van der Waals surface area contributed by atoms with E-state index in [2.05, 4.69) is 0 Å². The molecule has 1 rings (SSSR count). The fourth-order valence-corrected chi connectivity index (χ4v) is 1.48. The zero-order chi connectivity index (χ0) is 11.4. The van der Waals surface area contributed by atoms with E-state index in [0.29, 0.717) is 5.56 Å². The zero-order valence-electron chi connectivity index (χ0n) is 9.28. The highest BCUT2D eigenvalue weighted by molar-refractivity contribution is 5.91. The minimum absolute atomic E-state index is 0.0127. The van der Waals surface area contributed by atoms with Crippen LogP contribution in [0.5, 0.6) is 0 Å². The maximum Gasteiger partial charge on any atom is 0.338 e. The number of methoxy groups -OCH3 is 1. The normalized spacial score (nSPS) is 10.5. The van der Waals surface area contributed by atoms with Crippen LogP contribution in [0.15, 0.2) is 18.2 Å². The van der Waals surface area contributed by atoms with E-state index >= 15 is 0 Å². The van der Waals surface area contributed by atoms with Crippen molar-refractivity contribution in [3.8, 4) is 0 Å². The van der Waals surface area contributed by atoms with Crippen LogP contribution in [0.2, 0.25) is 0 Å². The third-order valence-electron chi connectivity index (χ3n) is 2.33. The van der Waals surface area contributed by atoms with Crippen molar-refractivity contribution < 1.29 is 14.6 Å². The van der Waals surface area contributed by atoms with Gasteiger partial charge in [-0.25, -0.2) is 4.79 Å². The van der Waals surface area contributed by atoms with E-state index in [4.69, 9.17) is 9.84 Å². The van der Waals surface area contributed by atoms with Gasteiger partial charge in [0.25, 0.3) is 0 Å². The first kappa shape index (κ1) is 11.7. The maximum atomic E-state index is 11.5. The van der Waals surface area contributed by atoms with Gasteiger partial charge in [0.05, 0.1) is 19.3 Å². The highest BCUT2D eigenvalue weighted by Gasteiger charge is 2.14. The van der Waals surface area contributed by atoms with Crippen molar-refractivity contribution in [3.05, 3.63) is 34.9 Å². The molecule has 0 aliphatic carbocycles. The fraction of sp³-hybridized carbons (Fsp3) is 0.417. The first-order valence-electron chi connectivity index (χ1n) is 4.92. The van der Waals surface area contributed by atoms with Crippen LogP contribution in [0.25, 0.3) is 0 Å². The fourth-order valence-electron chi connectivity index (χ4n) is 1.48. The number of hydrogen-bond acceptors (Lipinski definition) is 3. The highest BCUT2D eigenvalue weighted by Crippen LogP contribution is 2.21. The lowest BCUT2D eigenvalue weighted by Gasteiger charge is -2.12. The molecule has 3 heteroatoms. The molecule has 0 fully saturated rings. The van der Waals surface area contributed by atoms with Gasteiger partial charge in [0.15, 0.2) is 0 Å². The Morgan fingerprint density at radius 1 is 1.47 bits per heavy atom. The summed E-state index contributed by atoms with van der Waals surface area (Å²) in [5.41, 5.74) is 2.30. The van der Waals surface area contributed by atoms with E-state index in [1.165, 1.54) is 7.11 Å². The molecular weight excluding hydrogens is 192 g/mol. The standard InChI is InChI=1S/C12H16O3/c1-8(2)11-6-9(7-13)4-5-10(11)12(14)15-3/h4-6,8,13H,7H2,1-3H3. The van der Waals surface area contributed by atoms with Gasteiger partial charge in [-0.1, -0.05) is 26.0 Å². The van der Waals surface area contributed by atoms with Crippen molar-refractivity contribution in [2.24, 2.45) is 0 Å². The molecule has 15 heavy (non-hydrogen) atoms. The third kappa shape index (κ3) is 2.57. The molecule has 1 aromatic rings. The van der Waals surface area contributed by atoms with Crippen LogP contribution < -0.4 is 0 Å². The highest BCUT2D eigenvalue weighted by atomic mass is 16.5. The number of carbonyl (C=O) groups excluding carboxylic acids is 1. The molecule has 0 aromatic heterocycles. The SMILES string of the molecule is COC(=O)c1ccc(CO)cc1C(C)C. The molecule has 0 saturated carbocycles. The number of carbonyl (C=O) groups is 1. The Hall–Kier alpha value is -1.35. The van der Waals surface area contributed by atoms with Crippen LogP contribution in [0.1, 0.15) is 41.3 Å². The Kier molecular flexibility index (Phi) is 3.86. The summed E-state index contributed by atoms with van der Waals surface area (Å²) < 4.78 is 4.70. The first-order valence-corrected chi connectivity index (χ1v) is 4.92. The van der Waals surface area contributed by atoms with Crippen LogP contribution in [0.4, 0.5) is 0 Å². The number of aliphatic hydroxyl groups is 1. The average Bonchev–Trinajstić information content (AvgIpc) is 2.27. The maximum absolute atomic E-state index is 11.5. The van der Waals surface area contributed by atoms with Crippen molar-refractivity contribution in [1.82, 2.24) is 0 Å². The molecule has 0 aliphatic rings. The molecule has 0 atom stereocenters. The largest absolute Gasteiger partial charge is 0.465 e. The number of rotatable bonds is 3. The monoisotopic (exact) mass is 208 g/mol. The van der Waals surface area contributed by atoms with Crippen molar-refractivity contribution in [2.75, 3.05) is 7.11 Å². The van der Waals surface area contributed by atoms with E-state index in [-0.39, 0.29) is 18.5 Å². The number of benzene rings is 1. The minimum Gasteiger partial charge on any atom is -0.465 e. The second-order valence-corrected chi connectivity index (χ2v) is 3.73. The number of esters is 1. The molecule has 1 aromatic carbocycles. The first-order chi connectivity index (χ1) is 7.10. The van der Waals surface area contributed by atoms with E-state index < -0.39 is 0 Å². The summed E-state index contributed by atoms with van der Waals surface area (Å²) in [6.07, 6.45) is 0. The van der Waals surface area contributed by atoms with E-state index in [0.717, 1.165) is 11.1 Å². The summed E-state index contributed by atoms with van der Waals surface area (Å²) in [6.45, 7) is 3.99. The van der Waals surface area contributed by atoms with Crippen LogP contribution in [-0.4, -0.2) is 18.2 Å². The van der Waals surface area contributed by atoms with Gasteiger partial charge < -0.3 is 9.84 Å². The van der Waals surface area contributed by atoms with Gasteiger partial charge >= 0.3 is 5.97 Å². The summed E-state index contributed by atoms with van der Waals surface area (Å²) in [7, 11) is 1.37. The lowest BCUT2D eigenvalue weighted by atomic mass is 9.95. The van der Waals surface area contributed by atoms with Gasteiger partial charge in [-0.15, -0.1) is 0 Å². The van der Waals surface area contributed by atoms with Crippen LogP contribution in [0.3, 0.4) is 0 Å². The molecule has 0 saturated heterocycles. The predicted molar refractivity (Wildman–Crippen MR) is 57.8 cm³/mol. The van der Waals surface area contributed by atoms with Gasteiger partial charge in [0.1, 0.15) is 0 Å². The molecular formula is C12H16O3. The molecule has 0 aliphatic heterocycles. The average molecular weight is 208 g/mol.